The zero-order chi connectivity index (χ0) is 14.4. The molecule has 5 nitrogen and oxygen atoms in total. The van der Waals surface area contributed by atoms with Crippen LogP contribution >= 0.6 is 0 Å². The first kappa shape index (κ1) is 16.2. The fourth-order valence-corrected chi connectivity index (χ4v) is 2.88. The van der Waals surface area contributed by atoms with E-state index in [1.165, 1.54) is 78.5 Å². The molecular formula is C15H33N5. The van der Waals surface area contributed by atoms with Gasteiger partial charge in [-0.05, 0) is 21.1 Å². The fraction of sp³-hybridized carbons (Fsp3) is 1.00. The van der Waals surface area contributed by atoms with E-state index in [0.717, 1.165) is 0 Å². The van der Waals surface area contributed by atoms with E-state index in [-0.39, 0.29) is 0 Å². The molecule has 0 saturated carbocycles. The van der Waals surface area contributed by atoms with Crippen LogP contribution in [0.25, 0.3) is 0 Å². The van der Waals surface area contributed by atoms with Gasteiger partial charge in [0.15, 0.2) is 0 Å². The molecule has 2 aliphatic heterocycles. The van der Waals surface area contributed by atoms with Gasteiger partial charge in [0.1, 0.15) is 0 Å². The van der Waals surface area contributed by atoms with E-state index < -0.39 is 0 Å². The van der Waals surface area contributed by atoms with Crippen LogP contribution in [0.4, 0.5) is 0 Å². The van der Waals surface area contributed by atoms with Gasteiger partial charge in [0.25, 0.3) is 0 Å². The van der Waals surface area contributed by atoms with Gasteiger partial charge < -0.3 is 14.7 Å². The van der Waals surface area contributed by atoms with Gasteiger partial charge in [0.05, 0.1) is 0 Å². The minimum absolute atomic E-state index is 1.21. The Kier molecular flexibility index (Phi) is 6.71. The van der Waals surface area contributed by atoms with Gasteiger partial charge in [-0.1, -0.05) is 0 Å². The van der Waals surface area contributed by atoms with Crippen LogP contribution in [-0.2, 0) is 0 Å². The molecule has 5 heteroatoms. The summed E-state index contributed by atoms with van der Waals surface area (Å²) in [5.74, 6) is 0. The SMILES string of the molecule is CN1CCN(CCN(C)CCN2CCN(C)CC2)CC1. The first-order valence-electron chi connectivity index (χ1n) is 8.14. The molecule has 2 aliphatic rings. The number of nitrogens with zero attached hydrogens (tertiary/aromatic N) is 5. The van der Waals surface area contributed by atoms with Crippen LogP contribution < -0.4 is 0 Å². The number of likely N-dealkylation sites (N-methyl/N-ethyl adjacent to an activating group) is 3. The molecule has 2 saturated heterocycles. The molecule has 0 aliphatic carbocycles. The monoisotopic (exact) mass is 283 g/mol. The zero-order valence-electron chi connectivity index (χ0n) is 13.7. The van der Waals surface area contributed by atoms with Gasteiger partial charge in [-0.3, -0.25) is 9.80 Å². The van der Waals surface area contributed by atoms with E-state index in [2.05, 4.69) is 45.6 Å². The van der Waals surface area contributed by atoms with Crippen molar-refractivity contribution in [2.24, 2.45) is 0 Å². The fourth-order valence-electron chi connectivity index (χ4n) is 2.88. The molecule has 0 atom stereocenters. The Morgan fingerprint density at radius 2 is 1.00 bits per heavy atom. The van der Waals surface area contributed by atoms with Crippen molar-refractivity contribution in [1.82, 2.24) is 24.5 Å². The maximum Gasteiger partial charge on any atom is 0.0110 e. The van der Waals surface area contributed by atoms with E-state index in [1.54, 1.807) is 0 Å². The average Bonchev–Trinajstić information content (AvgIpc) is 2.46. The van der Waals surface area contributed by atoms with Gasteiger partial charge >= 0.3 is 0 Å². The second kappa shape index (κ2) is 8.29. The first-order valence-corrected chi connectivity index (χ1v) is 8.14. The summed E-state index contributed by atoms with van der Waals surface area (Å²) < 4.78 is 0. The van der Waals surface area contributed by atoms with E-state index in [9.17, 15) is 0 Å². The van der Waals surface area contributed by atoms with Gasteiger partial charge in [-0.25, -0.2) is 0 Å². The lowest BCUT2D eigenvalue weighted by atomic mass is 10.3. The summed E-state index contributed by atoms with van der Waals surface area (Å²) in [6.07, 6.45) is 0. The topological polar surface area (TPSA) is 16.2 Å². The Balaban J connectivity index is 1.53. The number of rotatable bonds is 6. The van der Waals surface area contributed by atoms with E-state index in [4.69, 9.17) is 0 Å². The summed E-state index contributed by atoms with van der Waals surface area (Å²) in [4.78, 5) is 12.6. The van der Waals surface area contributed by atoms with Crippen molar-refractivity contribution in [2.45, 2.75) is 0 Å². The highest BCUT2D eigenvalue weighted by Gasteiger charge is 2.15. The highest BCUT2D eigenvalue weighted by molar-refractivity contribution is 4.72. The van der Waals surface area contributed by atoms with Crippen molar-refractivity contribution in [3.63, 3.8) is 0 Å². The maximum atomic E-state index is 2.60. The van der Waals surface area contributed by atoms with Crippen molar-refractivity contribution in [1.29, 1.82) is 0 Å². The van der Waals surface area contributed by atoms with E-state index in [0.29, 0.717) is 0 Å². The molecule has 0 aromatic heterocycles. The number of hydrogen-bond donors (Lipinski definition) is 0. The molecule has 0 bridgehead atoms. The Morgan fingerprint density at radius 1 is 0.650 bits per heavy atom. The Labute approximate surface area is 125 Å². The quantitative estimate of drug-likeness (QED) is 0.646. The summed E-state index contributed by atoms with van der Waals surface area (Å²) in [5.41, 5.74) is 0. The Morgan fingerprint density at radius 3 is 1.35 bits per heavy atom. The predicted molar refractivity (Wildman–Crippen MR) is 85.4 cm³/mol. The third kappa shape index (κ3) is 5.66. The predicted octanol–water partition coefficient (Wildman–Crippen LogP) is -0.587. The molecule has 0 aromatic carbocycles. The van der Waals surface area contributed by atoms with Crippen LogP contribution in [0.2, 0.25) is 0 Å². The van der Waals surface area contributed by atoms with Crippen molar-refractivity contribution < 1.29 is 0 Å². The van der Waals surface area contributed by atoms with Gasteiger partial charge in [-0.2, -0.15) is 0 Å². The minimum Gasteiger partial charge on any atom is -0.304 e. The van der Waals surface area contributed by atoms with Crippen LogP contribution in [-0.4, -0.2) is 124 Å². The summed E-state index contributed by atoms with van der Waals surface area (Å²) in [6.45, 7) is 14.7. The third-order valence-corrected chi connectivity index (χ3v) is 4.79. The highest BCUT2D eigenvalue weighted by Crippen LogP contribution is 2.01. The summed E-state index contributed by atoms with van der Waals surface area (Å²) >= 11 is 0. The number of piperazine rings is 2. The molecular weight excluding hydrogens is 250 g/mol. The van der Waals surface area contributed by atoms with Gasteiger partial charge in [0.2, 0.25) is 0 Å². The summed E-state index contributed by atoms with van der Waals surface area (Å²) in [5, 5.41) is 0. The van der Waals surface area contributed by atoms with Crippen LogP contribution in [0.1, 0.15) is 0 Å². The largest absolute Gasteiger partial charge is 0.304 e. The summed E-state index contributed by atoms with van der Waals surface area (Å²) in [7, 11) is 6.71. The molecule has 118 valence electrons. The first-order chi connectivity index (χ1) is 9.63. The Bertz CT molecular complexity index is 231. The standard InChI is InChI=1S/C15H33N5/c1-16-4-10-19(11-5-16)14-8-18(3)9-15-20-12-6-17(2)7-13-20/h4-15H2,1-3H3. The van der Waals surface area contributed by atoms with Crippen molar-refractivity contribution >= 4 is 0 Å². The molecule has 20 heavy (non-hydrogen) atoms. The van der Waals surface area contributed by atoms with Crippen LogP contribution in [0.15, 0.2) is 0 Å². The van der Waals surface area contributed by atoms with Gasteiger partial charge in [0, 0.05) is 78.5 Å². The summed E-state index contributed by atoms with van der Waals surface area (Å²) in [6, 6.07) is 0. The molecule has 2 fully saturated rings. The normalized spacial score (nSPS) is 24.6. The van der Waals surface area contributed by atoms with Gasteiger partial charge in [-0.15, -0.1) is 0 Å². The molecule has 0 amide bonds. The maximum absolute atomic E-state index is 2.60. The zero-order valence-corrected chi connectivity index (χ0v) is 13.7. The molecule has 0 unspecified atom stereocenters. The smallest absolute Gasteiger partial charge is 0.0110 e. The van der Waals surface area contributed by atoms with Crippen LogP contribution in [0.5, 0.6) is 0 Å². The molecule has 0 aromatic rings. The second-order valence-corrected chi connectivity index (χ2v) is 6.59. The Hall–Kier alpha value is -0.200. The van der Waals surface area contributed by atoms with E-state index in [1.807, 2.05) is 0 Å². The molecule has 2 rings (SSSR count). The van der Waals surface area contributed by atoms with Crippen LogP contribution in [0.3, 0.4) is 0 Å². The lowest BCUT2D eigenvalue weighted by Crippen LogP contribution is -2.48. The van der Waals surface area contributed by atoms with Crippen molar-refractivity contribution in [3.8, 4) is 0 Å². The average molecular weight is 283 g/mol. The second-order valence-electron chi connectivity index (χ2n) is 6.59. The van der Waals surface area contributed by atoms with Crippen molar-refractivity contribution in [3.05, 3.63) is 0 Å². The lowest BCUT2D eigenvalue weighted by molar-refractivity contribution is 0.124. The molecule has 0 spiro atoms. The van der Waals surface area contributed by atoms with Crippen molar-refractivity contribution in [2.75, 3.05) is 99.7 Å². The highest BCUT2D eigenvalue weighted by atomic mass is 15.3. The molecule has 0 N–H and O–H groups in total. The van der Waals surface area contributed by atoms with Crippen LogP contribution in [0, 0.1) is 0 Å². The molecule has 2 heterocycles. The third-order valence-electron chi connectivity index (χ3n) is 4.79. The minimum atomic E-state index is 1.21. The lowest BCUT2D eigenvalue weighted by Gasteiger charge is -2.35. The van der Waals surface area contributed by atoms with E-state index >= 15 is 0 Å². The molecule has 0 radical (unpaired) electrons. The number of hydrogen-bond acceptors (Lipinski definition) is 5.